The largest absolute Gasteiger partial charge is 0.493 e. The Balaban J connectivity index is 1.26. The van der Waals surface area contributed by atoms with E-state index in [0.717, 1.165) is 48.5 Å². The molecule has 0 aliphatic carbocycles. The van der Waals surface area contributed by atoms with Crippen LogP contribution in [0.5, 0.6) is 5.75 Å². The van der Waals surface area contributed by atoms with Crippen LogP contribution in [0.25, 0.3) is 34.0 Å². The maximum absolute atomic E-state index is 6.51. The van der Waals surface area contributed by atoms with Gasteiger partial charge in [0.1, 0.15) is 5.75 Å². The summed E-state index contributed by atoms with van der Waals surface area (Å²) in [4.78, 5) is 7.29. The zero-order chi connectivity index (χ0) is 32.2. The van der Waals surface area contributed by atoms with E-state index >= 15 is 0 Å². The van der Waals surface area contributed by atoms with E-state index in [1.165, 1.54) is 118 Å². The fraction of sp³-hybridized carbons (Fsp3) is 0.512. The molecule has 3 aromatic carbocycles. The van der Waals surface area contributed by atoms with Crippen molar-refractivity contribution in [1.29, 1.82) is 0 Å². The van der Waals surface area contributed by atoms with E-state index in [4.69, 9.17) is 9.72 Å². The van der Waals surface area contributed by atoms with E-state index in [1.807, 2.05) is 0 Å². The first-order chi connectivity index (χ1) is 22.7. The van der Waals surface area contributed by atoms with Crippen molar-refractivity contribution in [2.24, 2.45) is 0 Å². The highest BCUT2D eigenvalue weighted by Gasteiger charge is 2.10. The van der Waals surface area contributed by atoms with Crippen LogP contribution in [0.15, 0.2) is 66.7 Å². The SMILES string of the molecule is CCCCCCCCCCCCCCCCCCOc1cc(N(CC)CC)ccc1C=Cc1c2ccccc2nc2ccccc12. The number of fused-ring (bicyclic) bond motifs is 2. The number of aromatic nitrogens is 1. The molecule has 46 heavy (non-hydrogen) atoms. The number of hydrogen-bond acceptors (Lipinski definition) is 3. The number of hydrogen-bond donors (Lipinski definition) is 0. The van der Waals surface area contributed by atoms with Gasteiger partial charge in [-0.25, -0.2) is 4.98 Å². The summed E-state index contributed by atoms with van der Waals surface area (Å²) in [5.41, 5.74) is 5.61. The number of unbranched alkanes of at least 4 members (excludes halogenated alkanes) is 15. The van der Waals surface area contributed by atoms with Crippen molar-refractivity contribution >= 4 is 39.6 Å². The van der Waals surface area contributed by atoms with E-state index < -0.39 is 0 Å². The van der Waals surface area contributed by atoms with Crippen LogP contribution >= 0.6 is 0 Å². The zero-order valence-corrected chi connectivity index (χ0v) is 29.2. The lowest BCUT2D eigenvalue weighted by Gasteiger charge is -2.22. The molecule has 3 heteroatoms. The molecule has 0 N–H and O–H groups in total. The molecule has 3 nitrogen and oxygen atoms in total. The standard InChI is InChI=1S/C43H60N2O/c1-4-7-8-9-10-11-12-13-14-15-16-17-18-19-20-25-34-46-43-35-37(45(5-2)6-3)32-30-36(43)31-33-38-39-26-21-23-28-41(39)44-42-29-24-22-27-40(38)42/h21-24,26-33,35H,4-20,25,34H2,1-3H3. The van der Waals surface area contributed by atoms with Gasteiger partial charge in [-0.15, -0.1) is 0 Å². The van der Waals surface area contributed by atoms with Crippen molar-refractivity contribution < 1.29 is 4.74 Å². The number of para-hydroxylation sites is 2. The molecule has 4 aromatic rings. The number of rotatable bonds is 23. The van der Waals surface area contributed by atoms with Crippen molar-refractivity contribution in [3.63, 3.8) is 0 Å². The second-order valence-electron chi connectivity index (χ2n) is 12.9. The first-order valence-electron chi connectivity index (χ1n) is 18.7. The fourth-order valence-corrected chi connectivity index (χ4v) is 6.63. The topological polar surface area (TPSA) is 25.4 Å². The second-order valence-corrected chi connectivity index (χ2v) is 12.9. The predicted molar refractivity (Wildman–Crippen MR) is 203 cm³/mol. The lowest BCUT2D eigenvalue weighted by atomic mass is 10.0. The van der Waals surface area contributed by atoms with Crippen molar-refractivity contribution in [1.82, 2.24) is 4.98 Å². The van der Waals surface area contributed by atoms with Gasteiger partial charge in [-0.05, 0) is 50.1 Å². The van der Waals surface area contributed by atoms with Gasteiger partial charge >= 0.3 is 0 Å². The van der Waals surface area contributed by atoms with Crippen LogP contribution in [0.3, 0.4) is 0 Å². The molecule has 0 atom stereocenters. The number of anilines is 1. The van der Waals surface area contributed by atoms with Gasteiger partial charge in [-0.1, -0.05) is 152 Å². The third-order valence-electron chi connectivity index (χ3n) is 9.44. The van der Waals surface area contributed by atoms with Crippen LogP contribution in [0, 0.1) is 0 Å². The van der Waals surface area contributed by atoms with E-state index in [-0.39, 0.29) is 0 Å². The Morgan fingerprint density at radius 2 is 1.07 bits per heavy atom. The van der Waals surface area contributed by atoms with Crippen LogP contribution < -0.4 is 9.64 Å². The van der Waals surface area contributed by atoms with Crippen molar-refractivity contribution in [2.45, 2.75) is 124 Å². The zero-order valence-electron chi connectivity index (χ0n) is 29.2. The van der Waals surface area contributed by atoms with Gasteiger partial charge in [0.25, 0.3) is 0 Å². The summed E-state index contributed by atoms with van der Waals surface area (Å²) in [7, 11) is 0. The maximum atomic E-state index is 6.51. The first kappa shape index (κ1) is 35.5. The van der Waals surface area contributed by atoms with Crippen LogP contribution in [-0.2, 0) is 0 Å². The van der Waals surface area contributed by atoms with E-state index in [1.54, 1.807) is 0 Å². The van der Waals surface area contributed by atoms with Gasteiger partial charge in [0.05, 0.1) is 17.6 Å². The van der Waals surface area contributed by atoms with Crippen molar-refractivity contribution in [2.75, 3.05) is 24.6 Å². The van der Waals surface area contributed by atoms with Crippen LogP contribution in [0.2, 0.25) is 0 Å². The Kier molecular flexibility index (Phi) is 16.0. The number of ether oxygens (including phenoxy) is 1. The smallest absolute Gasteiger partial charge is 0.128 e. The molecule has 0 aliphatic rings. The monoisotopic (exact) mass is 620 g/mol. The van der Waals surface area contributed by atoms with E-state index in [2.05, 4.69) is 105 Å². The summed E-state index contributed by atoms with van der Waals surface area (Å²) in [6.07, 6.45) is 26.6. The van der Waals surface area contributed by atoms with Gasteiger partial charge in [-0.3, -0.25) is 0 Å². The summed E-state index contributed by atoms with van der Waals surface area (Å²) in [5, 5.41) is 2.35. The molecule has 0 radical (unpaired) electrons. The molecule has 0 unspecified atom stereocenters. The molecule has 0 fully saturated rings. The van der Waals surface area contributed by atoms with Gasteiger partial charge in [0.2, 0.25) is 0 Å². The Morgan fingerprint density at radius 1 is 0.565 bits per heavy atom. The summed E-state index contributed by atoms with van der Waals surface area (Å²) in [6, 6.07) is 23.6. The quantitative estimate of drug-likeness (QED) is 0.0609. The minimum absolute atomic E-state index is 0.766. The minimum Gasteiger partial charge on any atom is -0.493 e. The van der Waals surface area contributed by atoms with Crippen molar-refractivity contribution in [3.05, 3.63) is 77.9 Å². The molecular formula is C43H60N2O. The highest BCUT2D eigenvalue weighted by molar-refractivity contribution is 6.04. The highest BCUT2D eigenvalue weighted by Crippen LogP contribution is 2.31. The normalized spacial score (nSPS) is 11.6. The fourth-order valence-electron chi connectivity index (χ4n) is 6.63. The van der Waals surface area contributed by atoms with Gasteiger partial charge in [0, 0.05) is 41.2 Å². The molecule has 0 amide bonds. The van der Waals surface area contributed by atoms with Gasteiger partial charge in [0.15, 0.2) is 0 Å². The second kappa shape index (κ2) is 20.7. The van der Waals surface area contributed by atoms with Gasteiger partial charge in [-0.2, -0.15) is 0 Å². The average molecular weight is 621 g/mol. The van der Waals surface area contributed by atoms with Crippen molar-refractivity contribution in [3.8, 4) is 5.75 Å². The number of benzene rings is 3. The molecule has 0 spiro atoms. The number of pyridine rings is 1. The Labute approximate surface area is 280 Å². The molecule has 0 saturated carbocycles. The molecule has 0 bridgehead atoms. The molecule has 248 valence electrons. The summed E-state index contributed by atoms with van der Waals surface area (Å²) in [6.45, 7) is 9.47. The lowest BCUT2D eigenvalue weighted by molar-refractivity contribution is 0.303. The molecule has 0 aliphatic heterocycles. The van der Waals surface area contributed by atoms with Crippen LogP contribution in [0.4, 0.5) is 5.69 Å². The summed E-state index contributed by atoms with van der Waals surface area (Å²) in [5.74, 6) is 0.976. The average Bonchev–Trinajstić information content (AvgIpc) is 3.09. The Morgan fingerprint density at radius 3 is 1.59 bits per heavy atom. The molecule has 1 heterocycles. The minimum atomic E-state index is 0.766. The summed E-state index contributed by atoms with van der Waals surface area (Å²) >= 11 is 0. The first-order valence-corrected chi connectivity index (χ1v) is 18.7. The highest BCUT2D eigenvalue weighted by atomic mass is 16.5. The Bertz CT molecular complexity index is 1400. The van der Waals surface area contributed by atoms with Crippen LogP contribution in [0.1, 0.15) is 135 Å². The Hall–Kier alpha value is -3.33. The van der Waals surface area contributed by atoms with E-state index in [0.29, 0.717) is 0 Å². The maximum Gasteiger partial charge on any atom is 0.128 e. The van der Waals surface area contributed by atoms with E-state index in [9.17, 15) is 0 Å². The predicted octanol–water partition coefficient (Wildman–Crippen LogP) is 13.0. The third-order valence-corrected chi connectivity index (χ3v) is 9.44. The molecule has 4 rings (SSSR count). The number of nitrogens with zero attached hydrogens (tertiary/aromatic N) is 2. The van der Waals surface area contributed by atoms with Gasteiger partial charge < -0.3 is 9.64 Å². The molecular weight excluding hydrogens is 560 g/mol. The molecule has 1 aromatic heterocycles. The molecule has 0 saturated heterocycles. The lowest BCUT2D eigenvalue weighted by Crippen LogP contribution is -2.21. The summed E-state index contributed by atoms with van der Waals surface area (Å²) < 4.78 is 6.51. The van der Waals surface area contributed by atoms with Crippen LogP contribution in [-0.4, -0.2) is 24.7 Å². The third kappa shape index (κ3) is 11.2.